The molecule has 0 spiro atoms. The lowest BCUT2D eigenvalue weighted by molar-refractivity contribution is -0.140. The Balaban J connectivity index is 1.55. The Labute approximate surface area is 224 Å². The number of carbonyl (C=O) groups is 2. The molecule has 194 valence electrons. The fraction of sp³-hybridized carbons (Fsp3) is 0.303. The van der Waals surface area contributed by atoms with E-state index in [-0.39, 0.29) is 18.3 Å². The maximum Gasteiger partial charge on any atom is 0.336 e. The summed E-state index contributed by atoms with van der Waals surface area (Å²) in [6, 6.07) is 27.5. The van der Waals surface area contributed by atoms with Crippen molar-refractivity contribution in [2.45, 2.75) is 51.6 Å². The summed E-state index contributed by atoms with van der Waals surface area (Å²) in [5.74, 6) is -0.611. The Morgan fingerprint density at radius 2 is 1.58 bits per heavy atom. The van der Waals surface area contributed by atoms with Crippen molar-refractivity contribution in [3.05, 3.63) is 113 Å². The van der Waals surface area contributed by atoms with Crippen molar-refractivity contribution in [3.8, 4) is 5.75 Å². The molecule has 0 N–H and O–H groups in total. The number of para-hydroxylation sites is 1. The number of carbonyl (C=O) groups excluding carboxylic acids is 2. The van der Waals surface area contributed by atoms with Gasteiger partial charge in [-0.1, -0.05) is 85.8 Å². The second-order valence-corrected chi connectivity index (χ2v) is 9.99. The number of ketones is 1. The first kappa shape index (κ1) is 25.7. The molecule has 5 nitrogen and oxygen atoms in total. The zero-order chi connectivity index (χ0) is 26.5. The maximum absolute atomic E-state index is 13.9. The first-order valence-corrected chi connectivity index (χ1v) is 13.4. The molecule has 1 unspecified atom stereocenters. The SMILES string of the molecule is CCCOc1ccccc1[C@H]1C(C(=O)OCc2ccccc2)=C(C)N=C2C[C@@H](c3ccccc3)CC(=O)C21. The monoisotopic (exact) mass is 507 g/mol. The number of rotatable bonds is 8. The standard InChI is InChI=1S/C33H33NO4/c1-3-18-37-29-17-11-10-16-26(29)31-30(33(36)38-21-23-12-6-4-7-13-23)22(2)34-27-19-25(20-28(35)32(27)31)24-14-8-5-9-15-24/h4-17,25,31-32H,3,18-21H2,1-2H3/t25-,31+,32?/m1/s1. The summed E-state index contributed by atoms with van der Waals surface area (Å²) in [5.41, 5.74) is 4.75. The van der Waals surface area contributed by atoms with Crippen LogP contribution in [-0.4, -0.2) is 24.1 Å². The molecule has 0 radical (unpaired) electrons. The second kappa shape index (κ2) is 11.6. The van der Waals surface area contributed by atoms with Crippen molar-refractivity contribution >= 4 is 17.5 Å². The zero-order valence-electron chi connectivity index (χ0n) is 21.9. The highest BCUT2D eigenvalue weighted by Gasteiger charge is 2.46. The van der Waals surface area contributed by atoms with Crippen LogP contribution in [0.15, 0.2) is 101 Å². The fourth-order valence-electron chi connectivity index (χ4n) is 5.62. The van der Waals surface area contributed by atoms with E-state index in [0.717, 1.165) is 28.8 Å². The zero-order valence-corrected chi connectivity index (χ0v) is 21.9. The van der Waals surface area contributed by atoms with E-state index in [1.807, 2.05) is 79.7 Å². The minimum atomic E-state index is -0.524. The van der Waals surface area contributed by atoms with Crippen LogP contribution in [-0.2, 0) is 20.9 Å². The van der Waals surface area contributed by atoms with Crippen molar-refractivity contribution in [3.63, 3.8) is 0 Å². The third kappa shape index (κ3) is 5.33. The number of nitrogens with zero attached hydrogens (tertiary/aromatic N) is 1. The number of esters is 1. The highest BCUT2D eigenvalue weighted by atomic mass is 16.5. The van der Waals surface area contributed by atoms with Crippen LogP contribution in [0.2, 0.25) is 0 Å². The Kier molecular flexibility index (Phi) is 7.83. The van der Waals surface area contributed by atoms with Crippen LogP contribution >= 0.6 is 0 Å². The highest BCUT2D eigenvalue weighted by molar-refractivity contribution is 6.12. The number of allylic oxidation sites excluding steroid dienone is 1. The molecule has 1 saturated carbocycles. The van der Waals surface area contributed by atoms with Gasteiger partial charge in [0.2, 0.25) is 0 Å². The number of Topliss-reactive ketones (excluding diaryl/α,β-unsaturated/α-hetero) is 1. The Morgan fingerprint density at radius 3 is 2.32 bits per heavy atom. The first-order chi connectivity index (χ1) is 18.6. The molecule has 3 aromatic rings. The molecule has 1 fully saturated rings. The maximum atomic E-state index is 13.9. The number of ether oxygens (including phenoxy) is 2. The Hall–Kier alpha value is -3.99. The Morgan fingerprint density at radius 1 is 0.895 bits per heavy atom. The summed E-state index contributed by atoms with van der Waals surface area (Å²) in [5, 5.41) is 0. The molecule has 1 heterocycles. The van der Waals surface area contributed by atoms with Crippen molar-refractivity contribution in [1.82, 2.24) is 0 Å². The molecule has 0 aromatic heterocycles. The van der Waals surface area contributed by atoms with Gasteiger partial charge >= 0.3 is 5.97 Å². The molecule has 5 heteroatoms. The number of hydrogen-bond acceptors (Lipinski definition) is 5. The van der Waals surface area contributed by atoms with Crippen LogP contribution in [0.25, 0.3) is 0 Å². The quantitative estimate of drug-likeness (QED) is 0.315. The van der Waals surface area contributed by atoms with E-state index in [1.165, 1.54) is 0 Å². The normalized spacial score (nSPS) is 20.9. The number of benzene rings is 3. The molecule has 1 aliphatic carbocycles. The Bertz CT molecular complexity index is 1360. The summed E-state index contributed by atoms with van der Waals surface area (Å²) in [6.45, 7) is 4.61. The highest BCUT2D eigenvalue weighted by Crippen LogP contribution is 2.48. The third-order valence-corrected chi connectivity index (χ3v) is 7.37. The third-order valence-electron chi connectivity index (χ3n) is 7.37. The van der Waals surface area contributed by atoms with Crippen molar-refractivity contribution in [2.24, 2.45) is 10.9 Å². The summed E-state index contributed by atoms with van der Waals surface area (Å²) in [6.07, 6.45) is 1.94. The molecule has 0 saturated heterocycles. The lowest BCUT2D eigenvalue weighted by Gasteiger charge is -2.38. The minimum Gasteiger partial charge on any atom is -0.493 e. The van der Waals surface area contributed by atoms with Gasteiger partial charge in [0.1, 0.15) is 18.1 Å². The number of fused-ring (bicyclic) bond motifs is 1. The van der Waals surface area contributed by atoms with Gasteiger partial charge < -0.3 is 9.47 Å². The molecule has 3 aromatic carbocycles. The van der Waals surface area contributed by atoms with Gasteiger partial charge in [0.25, 0.3) is 0 Å². The minimum absolute atomic E-state index is 0.0744. The van der Waals surface area contributed by atoms with E-state index in [1.54, 1.807) is 0 Å². The molecule has 0 bridgehead atoms. The molecular formula is C33H33NO4. The lowest BCUT2D eigenvalue weighted by Crippen LogP contribution is -2.41. The van der Waals surface area contributed by atoms with E-state index >= 15 is 0 Å². The molecule has 1 aliphatic heterocycles. The van der Waals surface area contributed by atoms with E-state index in [4.69, 9.17) is 14.5 Å². The largest absolute Gasteiger partial charge is 0.493 e. The fourth-order valence-corrected chi connectivity index (χ4v) is 5.62. The molecule has 2 aliphatic rings. The van der Waals surface area contributed by atoms with Gasteiger partial charge in [-0.3, -0.25) is 9.79 Å². The first-order valence-electron chi connectivity index (χ1n) is 13.4. The van der Waals surface area contributed by atoms with Crippen LogP contribution in [0.5, 0.6) is 5.75 Å². The van der Waals surface area contributed by atoms with Gasteiger partial charge in [-0.15, -0.1) is 0 Å². The van der Waals surface area contributed by atoms with Gasteiger partial charge in [0, 0.05) is 29.3 Å². The van der Waals surface area contributed by atoms with E-state index in [2.05, 4.69) is 19.1 Å². The van der Waals surface area contributed by atoms with Gasteiger partial charge in [0.15, 0.2) is 0 Å². The number of aliphatic imine (C=N–C) groups is 1. The van der Waals surface area contributed by atoms with Gasteiger partial charge in [-0.2, -0.15) is 0 Å². The van der Waals surface area contributed by atoms with Crippen LogP contribution in [0, 0.1) is 5.92 Å². The number of hydrogen-bond donors (Lipinski definition) is 0. The molecule has 38 heavy (non-hydrogen) atoms. The van der Waals surface area contributed by atoms with Crippen LogP contribution < -0.4 is 4.74 Å². The van der Waals surface area contributed by atoms with E-state index in [9.17, 15) is 9.59 Å². The summed E-state index contributed by atoms with van der Waals surface area (Å²) in [7, 11) is 0. The lowest BCUT2D eigenvalue weighted by atomic mass is 9.66. The van der Waals surface area contributed by atoms with Gasteiger partial charge in [-0.05, 0) is 42.9 Å². The predicted molar refractivity (Wildman–Crippen MR) is 148 cm³/mol. The molecule has 5 rings (SSSR count). The van der Waals surface area contributed by atoms with Crippen LogP contribution in [0.1, 0.15) is 61.6 Å². The van der Waals surface area contributed by atoms with E-state index < -0.39 is 17.8 Å². The smallest absolute Gasteiger partial charge is 0.336 e. The molecular weight excluding hydrogens is 474 g/mol. The average molecular weight is 508 g/mol. The summed E-state index contributed by atoms with van der Waals surface area (Å²) in [4.78, 5) is 32.4. The van der Waals surface area contributed by atoms with Gasteiger partial charge in [-0.25, -0.2) is 4.79 Å². The van der Waals surface area contributed by atoms with E-state index in [0.29, 0.717) is 36.5 Å². The van der Waals surface area contributed by atoms with Crippen molar-refractivity contribution in [2.75, 3.05) is 6.61 Å². The summed E-state index contributed by atoms with van der Waals surface area (Å²) < 4.78 is 11.9. The second-order valence-electron chi connectivity index (χ2n) is 9.99. The summed E-state index contributed by atoms with van der Waals surface area (Å²) >= 11 is 0. The molecule has 0 amide bonds. The predicted octanol–water partition coefficient (Wildman–Crippen LogP) is 6.79. The van der Waals surface area contributed by atoms with Crippen LogP contribution in [0.4, 0.5) is 0 Å². The molecule has 3 atom stereocenters. The van der Waals surface area contributed by atoms with Crippen LogP contribution in [0.3, 0.4) is 0 Å². The van der Waals surface area contributed by atoms with Gasteiger partial charge in [0.05, 0.1) is 18.1 Å². The van der Waals surface area contributed by atoms with Crippen molar-refractivity contribution in [1.29, 1.82) is 0 Å². The topological polar surface area (TPSA) is 65.0 Å². The average Bonchev–Trinajstić information content (AvgIpc) is 2.95. The van der Waals surface area contributed by atoms with Crippen molar-refractivity contribution < 1.29 is 19.1 Å².